The van der Waals surface area contributed by atoms with Crippen LogP contribution in [0.3, 0.4) is 0 Å². The number of hydrogen-bond acceptors (Lipinski definition) is 6. The monoisotopic (exact) mass is 525 g/mol. The van der Waals surface area contributed by atoms with E-state index in [0.29, 0.717) is 11.1 Å². The molecule has 0 aliphatic heterocycles. The maximum Gasteiger partial charge on any atom is 0.408 e. The van der Waals surface area contributed by atoms with Crippen LogP contribution in [0.5, 0.6) is 11.5 Å². The van der Waals surface area contributed by atoms with E-state index in [2.05, 4.69) is 17.2 Å². The van der Waals surface area contributed by atoms with Crippen molar-refractivity contribution in [3.05, 3.63) is 72.3 Å². The second-order valence-electron chi connectivity index (χ2n) is 11.1. The van der Waals surface area contributed by atoms with E-state index >= 15 is 0 Å². The summed E-state index contributed by atoms with van der Waals surface area (Å²) in [5.41, 5.74) is -0.232. The number of aromatic hydroxyl groups is 2. The second-order valence-corrected chi connectivity index (χ2v) is 11.1. The zero-order valence-corrected chi connectivity index (χ0v) is 22.9. The average Bonchev–Trinajstić information content (AvgIpc) is 2.78. The average molecular weight is 526 g/mol. The highest BCUT2D eigenvalue weighted by molar-refractivity contribution is 5.92. The first kappa shape index (κ1) is 30.2. The third-order valence-electron chi connectivity index (χ3n) is 5.24. The number of carbonyl (C=O) groups is 3. The Bertz CT molecular complexity index is 1110. The van der Waals surface area contributed by atoms with Gasteiger partial charge in [0.2, 0.25) is 11.8 Å². The summed E-state index contributed by atoms with van der Waals surface area (Å²) in [7, 11) is 0. The molecule has 2 aromatic carbocycles. The molecule has 9 nitrogen and oxygen atoms in total. The highest BCUT2D eigenvalue weighted by Crippen LogP contribution is 2.26. The molecule has 2 atom stereocenters. The van der Waals surface area contributed by atoms with Gasteiger partial charge in [-0.15, -0.1) is 6.58 Å². The van der Waals surface area contributed by atoms with Crippen LogP contribution in [-0.4, -0.2) is 56.7 Å². The molecule has 4 N–H and O–H groups in total. The van der Waals surface area contributed by atoms with E-state index in [0.717, 1.165) is 0 Å². The number of rotatable bonds is 9. The molecule has 0 bridgehead atoms. The maximum absolute atomic E-state index is 14.1. The molecule has 0 heterocycles. The van der Waals surface area contributed by atoms with Crippen LogP contribution in [0.25, 0.3) is 0 Å². The number of amides is 3. The fourth-order valence-electron chi connectivity index (χ4n) is 3.75. The van der Waals surface area contributed by atoms with Gasteiger partial charge in [-0.05, 0) is 76.9 Å². The largest absolute Gasteiger partial charge is 0.508 e. The molecule has 0 spiro atoms. The van der Waals surface area contributed by atoms with Gasteiger partial charge in [0, 0.05) is 18.5 Å². The first-order valence-corrected chi connectivity index (χ1v) is 12.4. The van der Waals surface area contributed by atoms with Crippen LogP contribution in [-0.2, 0) is 20.7 Å². The number of alkyl carbamates (subject to hydrolysis) is 1. The molecule has 0 aliphatic rings. The molecule has 0 radical (unpaired) electrons. The Kier molecular flexibility index (Phi) is 9.93. The summed E-state index contributed by atoms with van der Waals surface area (Å²) in [5.74, 6) is -0.886. The van der Waals surface area contributed by atoms with Crippen molar-refractivity contribution in [1.82, 2.24) is 15.5 Å². The summed E-state index contributed by atoms with van der Waals surface area (Å²) in [6.45, 7) is 14.4. The van der Waals surface area contributed by atoms with Crippen molar-refractivity contribution in [2.45, 2.75) is 71.2 Å². The van der Waals surface area contributed by atoms with E-state index in [1.54, 1.807) is 45.0 Å². The molecule has 2 aromatic rings. The molecule has 2 rings (SSSR count). The molecule has 9 heteroatoms. The maximum atomic E-state index is 14.1. The lowest BCUT2D eigenvalue weighted by Crippen LogP contribution is -2.55. The molecule has 0 saturated heterocycles. The van der Waals surface area contributed by atoms with Gasteiger partial charge in [-0.25, -0.2) is 4.79 Å². The Morgan fingerprint density at radius 3 is 1.95 bits per heavy atom. The molecule has 2 unspecified atom stereocenters. The molecule has 38 heavy (non-hydrogen) atoms. The van der Waals surface area contributed by atoms with Gasteiger partial charge in [0.1, 0.15) is 29.2 Å². The van der Waals surface area contributed by atoms with Gasteiger partial charge in [-0.3, -0.25) is 9.59 Å². The van der Waals surface area contributed by atoms with Gasteiger partial charge in [0.05, 0.1) is 0 Å². The lowest BCUT2D eigenvalue weighted by atomic mass is 9.99. The van der Waals surface area contributed by atoms with Gasteiger partial charge >= 0.3 is 6.09 Å². The quantitative estimate of drug-likeness (QED) is 0.363. The Morgan fingerprint density at radius 1 is 0.947 bits per heavy atom. The fourth-order valence-corrected chi connectivity index (χ4v) is 3.75. The van der Waals surface area contributed by atoms with Crippen molar-refractivity contribution in [3.8, 4) is 11.5 Å². The third-order valence-corrected chi connectivity index (χ3v) is 5.24. The number of hydrogen-bond donors (Lipinski definition) is 4. The molecule has 3 amide bonds. The Balaban J connectivity index is 2.54. The van der Waals surface area contributed by atoms with Crippen LogP contribution in [0.4, 0.5) is 4.79 Å². The van der Waals surface area contributed by atoms with E-state index in [4.69, 9.17) is 4.74 Å². The number of phenols is 2. The second kappa shape index (κ2) is 12.5. The van der Waals surface area contributed by atoms with Crippen molar-refractivity contribution in [2.24, 2.45) is 0 Å². The van der Waals surface area contributed by atoms with Crippen LogP contribution in [0.2, 0.25) is 0 Å². The molecule has 0 aromatic heterocycles. The third kappa shape index (κ3) is 9.46. The SMILES string of the molecule is C=CCN(C(=O)C(Cc1ccc(O)cc1)NC(=O)OC(C)(C)C)C(C(=O)NC(C)(C)C)c1ccc(O)cc1. The predicted molar refractivity (Wildman–Crippen MR) is 146 cm³/mol. The number of benzene rings is 2. The van der Waals surface area contributed by atoms with Gasteiger partial charge in [-0.1, -0.05) is 30.3 Å². The topological polar surface area (TPSA) is 128 Å². The molecule has 0 fully saturated rings. The van der Waals surface area contributed by atoms with Crippen molar-refractivity contribution in [3.63, 3.8) is 0 Å². The van der Waals surface area contributed by atoms with E-state index < -0.39 is 41.1 Å². The standard InChI is InChI=1S/C29H39N3O6/c1-8-17-32(24(25(35)31-28(2,3)4)20-11-15-22(34)16-12-20)26(36)23(30-27(37)38-29(5,6)7)18-19-9-13-21(33)14-10-19/h8-16,23-24,33-34H,1,17-18H2,2-7H3,(H,30,37)(H,31,35). The van der Waals surface area contributed by atoms with Crippen LogP contribution < -0.4 is 10.6 Å². The van der Waals surface area contributed by atoms with Crippen LogP contribution in [0, 0.1) is 0 Å². The first-order chi connectivity index (χ1) is 17.6. The normalized spacial score (nSPS) is 13.1. The highest BCUT2D eigenvalue weighted by atomic mass is 16.6. The van der Waals surface area contributed by atoms with E-state index in [-0.39, 0.29) is 24.5 Å². The number of nitrogens with zero attached hydrogens (tertiary/aromatic N) is 1. The molecule has 0 aliphatic carbocycles. The summed E-state index contributed by atoms with van der Waals surface area (Å²) in [6, 6.07) is 10.1. The summed E-state index contributed by atoms with van der Waals surface area (Å²) in [5, 5.41) is 25.0. The fraction of sp³-hybridized carbons (Fsp3) is 0.414. The van der Waals surface area contributed by atoms with Crippen molar-refractivity contribution < 1.29 is 29.3 Å². The number of nitrogens with one attached hydrogen (secondary N) is 2. The van der Waals surface area contributed by atoms with Gasteiger partial charge < -0.3 is 30.5 Å². The summed E-state index contributed by atoms with van der Waals surface area (Å²) in [4.78, 5) is 41.7. The molecular weight excluding hydrogens is 486 g/mol. The van der Waals surface area contributed by atoms with E-state index in [1.807, 2.05) is 20.8 Å². The van der Waals surface area contributed by atoms with Crippen LogP contribution in [0.15, 0.2) is 61.2 Å². The molecular formula is C29H39N3O6. The van der Waals surface area contributed by atoms with Gasteiger partial charge in [0.15, 0.2) is 0 Å². The van der Waals surface area contributed by atoms with E-state index in [9.17, 15) is 24.6 Å². The van der Waals surface area contributed by atoms with Crippen molar-refractivity contribution in [2.75, 3.05) is 6.54 Å². The lowest BCUT2D eigenvalue weighted by molar-refractivity contribution is -0.142. The van der Waals surface area contributed by atoms with Crippen molar-refractivity contribution >= 4 is 17.9 Å². The number of phenolic OH excluding ortho intramolecular Hbond substituents is 2. The minimum absolute atomic E-state index is 0.00398. The first-order valence-electron chi connectivity index (χ1n) is 12.4. The Labute approximate surface area is 224 Å². The summed E-state index contributed by atoms with van der Waals surface area (Å²) >= 11 is 0. The minimum Gasteiger partial charge on any atom is -0.508 e. The highest BCUT2D eigenvalue weighted by Gasteiger charge is 2.37. The zero-order chi connectivity index (χ0) is 28.7. The smallest absolute Gasteiger partial charge is 0.408 e. The minimum atomic E-state index is -1.10. The molecule has 0 saturated carbocycles. The zero-order valence-electron chi connectivity index (χ0n) is 22.9. The number of carbonyl (C=O) groups excluding carboxylic acids is 3. The predicted octanol–water partition coefficient (Wildman–Crippen LogP) is 4.20. The molecule has 206 valence electrons. The lowest BCUT2D eigenvalue weighted by Gasteiger charge is -2.35. The van der Waals surface area contributed by atoms with Gasteiger partial charge in [-0.2, -0.15) is 0 Å². The number of ether oxygens (including phenoxy) is 1. The Morgan fingerprint density at radius 2 is 1.47 bits per heavy atom. The summed E-state index contributed by atoms with van der Waals surface area (Å²) < 4.78 is 5.40. The van der Waals surface area contributed by atoms with Crippen molar-refractivity contribution in [1.29, 1.82) is 0 Å². The Hall–Kier alpha value is -4.01. The van der Waals surface area contributed by atoms with E-state index in [1.165, 1.54) is 35.2 Å². The van der Waals surface area contributed by atoms with Crippen LogP contribution >= 0.6 is 0 Å². The summed E-state index contributed by atoms with van der Waals surface area (Å²) in [6.07, 6.45) is 0.796. The van der Waals surface area contributed by atoms with Gasteiger partial charge in [0.25, 0.3) is 0 Å². The van der Waals surface area contributed by atoms with Crippen LogP contribution in [0.1, 0.15) is 58.7 Å².